The van der Waals surface area contributed by atoms with Crippen molar-refractivity contribution >= 4 is 39.1 Å². The number of sulfonamides is 1. The average molecular weight is 512 g/mol. The van der Waals surface area contributed by atoms with Crippen molar-refractivity contribution in [1.82, 2.24) is 10.2 Å². The van der Waals surface area contributed by atoms with Gasteiger partial charge >= 0.3 is 0 Å². The van der Waals surface area contributed by atoms with Crippen molar-refractivity contribution in [2.75, 3.05) is 23.7 Å². The third kappa shape index (κ3) is 7.70. The van der Waals surface area contributed by atoms with Crippen LogP contribution in [0.1, 0.15) is 37.8 Å². The molecule has 0 aliphatic carbocycles. The van der Waals surface area contributed by atoms with Gasteiger partial charge in [0.15, 0.2) is 0 Å². The summed E-state index contributed by atoms with van der Waals surface area (Å²) in [7, 11) is -3.85. The molecule has 0 saturated heterocycles. The summed E-state index contributed by atoms with van der Waals surface area (Å²) >= 11 is 6.08. The van der Waals surface area contributed by atoms with Gasteiger partial charge in [0.25, 0.3) is 0 Å². The first-order valence-electron chi connectivity index (χ1n) is 11.0. The Morgan fingerprint density at radius 3 is 2.38 bits per heavy atom. The molecule has 0 aliphatic heterocycles. The van der Waals surface area contributed by atoms with Gasteiger partial charge in [-0.05, 0) is 55.7 Å². The van der Waals surface area contributed by atoms with Gasteiger partial charge in [-0.2, -0.15) is 0 Å². The van der Waals surface area contributed by atoms with Crippen LogP contribution >= 0.6 is 11.6 Å². The predicted molar refractivity (Wildman–Crippen MR) is 133 cm³/mol. The number of unbranched alkanes of at least 4 members (excludes halogenated alkanes) is 1. The van der Waals surface area contributed by atoms with Crippen LogP contribution < -0.4 is 9.62 Å². The van der Waals surface area contributed by atoms with Gasteiger partial charge in [-0.3, -0.25) is 13.9 Å². The lowest BCUT2D eigenvalue weighted by atomic mass is 10.1. The van der Waals surface area contributed by atoms with Gasteiger partial charge in [0.2, 0.25) is 21.8 Å². The Balaban J connectivity index is 2.38. The van der Waals surface area contributed by atoms with Crippen molar-refractivity contribution in [3.05, 3.63) is 64.4 Å². The molecule has 0 spiro atoms. The molecule has 0 aromatic heterocycles. The highest BCUT2D eigenvalue weighted by Gasteiger charge is 2.30. The molecule has 2 amide bonds. The molecule has 2 aromatic rings. The molecule has 0 saturated carbocycles. The third-order valence-corrected chi connectivity index (χ3v) is 6.74. The van der Waals surface area contributed by atoms with E-state index >= 15 is 0 Å². The molecule has 1 N–H and O–H groups in total. The second-order valence-electron chi connectivity index (χ2n) is 8.17. The van der Waals surface area contributed by atoms with E-state index in [9.17, 15) is 22.4 Å². The van der Waals surface area contributed by atoms with Crippen molar-refractivity contribution < 1.29 is 22.4 Å². The monoisotopic (exact) mass is 511 g/mol. The smallest absolute Gasteiger partial charge is 0.244 e. The van der Waals surface area contributed by atoms with Crippen molar-refractivity contribution in [2.45, 2.75) is 46.2 Å². The lowest BCUT2D eigenvalue weighted by Gasteiger charge is -2.32. The van der Waals surface area contributed by atoms with Crippen molar-refractivity contribution in [2.24, 2.45) is 0 Å². The Morgan fingerprint density at radius 1 is 1.15 bits per heavy atom. The van der Waals surface area contributed by atoms with Gasteiger partial charge in [-0.15, -0.1) is 0 Å². The molecule has 1 atom stereocenters. The predicted octanol–water partition coefficient (Wildman–Crippen LogP) is 3.89. The quantitative estimate of drug-likeness (QED) is 0.464. The van der Waals surface area contributed by atoms with Gasteiger partial charge in [0, 0.05) is 18.1 Å². The first kappa shape index (κ1) is 27.6. The van der Waals surface area contributed by atoms with Crippen LogP contribution in [0.4, 0.5) is 10.1 Å². The molecule has 10 heteroatoms. The second kappa shape index (κ2) is 12.2. The van der Waals surface area contributed by atoms with Crippen molar-refractivity contribution in [3.63, 3.8) is 0 Å². The Morgan fingerprint density at radius 2 is 1.79 bits per heavy atom. The van der Waals surface area contributed by atoms with E-state index in [0.29, 0.717) is 22.7 Å². The molecule has 0 radical (unpaired) electrons. The molecule has 7 nitrogen and oxygen atoms in total. The molecular formula is C24H31ClFN3O4S. The van der Waals surface area contributed by atoms with Crippen LogP contribution in [-0.2, 0) is 26.2 Å². The maximum atomic E-state index is 13.4. The summed E-state index contributed by atoms with van der Waals surface area (Å²) < 4.78 is 39.6. The van der Waals surface area contributed by atoms with E-state index in [-0.39, 0.29) is 18.1 Å². The molecular weight excluding hydrogens is 481 g/mol. The number of nitrogens with zero attached hydrogens (tertiary/aromatic N) is 2. The maximum absolute atomic E-state index is 13.4. The van der Waals surface area contributed by atoms with Crippen LogP contribution in [0.2, 0.25) is 5.02 Å². The fourth-order valence-corrected chi connectivity index (χ4v) is 4.42. The summed E-state index contributed by atoms with van der Waals surface area (Å²) in [6.07, 6.45) is 2.70. The first-order valence-corrected chi connectivity index (χ1v) is 13.2. The fraction of sp³-hybridized carbons (Fsp3) is 0.417. The number of aryl methyl sites for hydroxylation is 1. The number of halogens is 2. The minimum atomic E-state index is -3.85. The molecule has 34 heavy (non-hydrogen) atoms. The number of hydrogen-bond acceptors (Lipinski definition) is 4. The summed E-state index contributed by atoms with van der Waals surface area (Å²) in [5.41, 5.74) is 1.51. The maximum Gasteiger partial charge on any atom is 0.244 e. The average Bonchev–Trinajstić information content (AvgIpc) is 2.77. The molecule has 2 rings (SSSR count). The standard InChI is InChI=1S/C24H31ClFN3O4S/c1-5-6-13-27-24(31)18(3)28(15-19-8-11-21(26)12-9-19)23(30)16-29(34(4,32)33)22-14-20(25)10-7-17(22)2/h7-12,14,18H,5-6,13,15-16H2,1-4H3,(H,27,31). The van der Waals surface area contributed by atoms with E-state index in [2.05, 4.69) is 5.32 Å². The minimum absolute atomic E-state index is 0.00755. The number of anilines is 1. The van der Waals surface area contributed by atoms with Crippen molar-refractivity contribution in [1.29, 1.82) is 0 Å². The number of nitrogens with one attached hydrogen (secondary N) is 1. The van der Waals surface area contributed by atoms with E-state index in [0.717, 1.165) is 23.4 Å². The van der Waals surface area contributed by atoms with E-state index < -0.39 is 34.3 Å². The summed E-state index contributed by atoms with van der Waals surface area (Å²) in [5.74, 6) is -1.35. The second-order valence-corrected chi connectivity index (χ2v) is 10.5. The molecule has 0 fully saturated rings. The molecule has 0 heterocycles. The van der Waals surface area contributed by atoms with Crippen LogP contribution in [0.25, 0.3) is 0 Å². The minimum Gasteiger partial charge on any atom is -0.354 e. The Bertz CT molecular complexity index is 1110. The number of hydrogen-bond donors (Lipinski definition) is 1. The number of carbonyl (C=O) groups excluding carboxylic acids is 2. The third-order valence-electron chi connectivity index (χ3n) is 5.38. The van der Waals surface area contributed by atoms with Gasteiger partial charge in [-0.25, -0.2) is 12.8 Å². The van der Waals surface area contributed by atoms with Gasteiger partial charge in [0.1, 0.15) is 18.4 Å². The molecule has 1 unspecified atom stereocenters. The topological polar surface area (TPSA) is 86.8 Å². The zero-order valence-electron chi connectivity index (χ0n) is 19.8. The van der Waals surface area contributed by atoms with Crippen LogP contribution in [0.3, 0.4) is 0 Å². The van der Waals surface area contributed by atoms with Crippen molar-refractivity contribution in [3.8, 4) is 0 Å². The summed E-state index contributed by atoms with van der Waals surface area (Å²) in [4.78, 5) is 27.5. The Hall–Kier alpha value is -2.65. The van der Waals surface area contributed by atoms with E-state index in [1.165, 1.54) is 35.2 Å². The summed E-state index contributed by atoms with van der Waals surface area (Å²) in [5, 5.41) is 3.13. The lowest BCUT2D eigenvalue weighted by Crippen LogP contribution is -2.51. The number of benzene rings is 2. The first-order chi connectivity index (χ1) is 15.9. The normalized spacial score (nSPS) is 12.2. The number of carbonyl (C=O) groups is 2. The molecule has 0 bridgehead atoms. The highest BCUT2D eigenvalue weighted by molar-refractivity contribution is 7.92. The fourth-order valence-electron chi connectivity index (χ4n) is 3.35. The lowest BCUT2D eigenvalue weighted by molar-refractivity contribution is -0.139. The number of amides is 2. The van der Waals surface area contributed by atoms with E-state index in [1.807, 2.05) is 6.92 Å². The SMILES string of the molecule is CCCCNC(=O)C(C)N(Cc1ccc(F)cc1)C(=O)CN(c1cc(Cl)ccc1C)S(C)(=O)=O. The van der Waals surface area contributed by atoms with Gasteiger partial charge in [-0.1, -0.05) is 43.1 Å². The van der Waals surface area contributed by atoms with Crippen LogP contribution in [0, 0.1) is 12.7 Å². The highest BCUT2D eigenvalue weighted by atomic mass is 35.5. The number of rotatable bonds is 11. The molecule has 186 valence electrons. The summed E-state index contributed by atoms with van der Waals surface area (Å²) in [6.45, 7) is 5.25. The van der Waals surface area contributed by atoms with E-state index in [1.54, 1.807) is 26.0 Å². The largest absolute Gasteiger partial charge is 0.354 e. The Labute approximate surface area is 205 Å². The van der Waals surface area contributed by atoms with Gasteiger partial charge < -0.3 is 10.2 Å². The van der Waals surface area contributed by atoms with Crippen LogP contribution in [-0.4, -0.2) is 50.5 Å². The molecule has 2 aromatic carbocycles. The van der Waals surface area contributed by atoms with Crippen LogP contribution in [0.5, 0.6) is 0 Å². The molecule has 0 aliphatic rings. The summed E-state index contributed by atoms with van der Waals surface area (Å²) in [6, 6.07) is 9.48. The van der Waals surface area contributed by atoms with Crippen LogP contribution in [0.15, 0.2) is 42.5 Å². The van der Waals surface area contributed by atoms with E-state index in [4.69, 9.17) is 11.6 Å². The Kier molecular flexibility index (Phi) is 9.88. The highest BCUT2D eigenvalue weighted by Crippen LogP contribution is 2.26. The zero-order chi connectivity index (χ0) is 25.5. The zero-order valence-corrected chi connectivity index (χ0v) is 21.4. The van der Waals surface area contributed by atoms with Gasteiger partial charge in [0.05, 0.1) is 11.9 Å².